The fourth-order valence-electron chi connectivity index (χ4n) is 4.08. The number of nitrogens with zero attached hydrogens (tertiary/aromatic N) is 1. The van der Waals surface area contributed by atoms with Crippen molar-refractivity contribution in [3.05, 3.63) is 71.8 Å². The number of rotatable bonds is 10. The van der Waals surface area contributed by atoms with E-state index < -0.39 is 59.1 Å². The zero-order valence-corrected chi connectivity index (χ0v) is 25.8. The Morgan fingerprint density at radius 1 is 0.833 bits per heavy atom. The number of esters is 1. The number of alkyl carbamates (subject to hydrolysis) is 1. The molecule has 2 aromatic carbocycles. The fourth-order valence-corrected chi connectivity index (χ4v) is 4.08. The average molecular weight is 578 g/mol. The lowest BCUT2D eigenvalue weighted by molar-refractivity contribution is -0.159. The number of carbonyl (C=O) groups is 4. The van der Waals surface area contributed by atoms with Gasteiger partial charge in [-0.2, -0.15) is 0 Å². The molecule has 0 saturated heterocycles. The number of benzene rings is 2. The number of ether oxygens (including phenoxy) is 2. The smallest absolute Gasteiger partial charge is 0.408 e. The minimum absolute atomic E-state index is 0.155. The first-order valence-electron chi connectivity index (χ1n) is 13.9. The number of amides is 3. The Hall–Kier alpha value is -4.32. The molecule has 2 N–H and O–H groups in total. The highest BCUT2D eigenvalue weighted by molar-refractivity contribution is 5.95. The van der Waals surface area contributed by atoms with Gasteiger partial charge in [0.2, 0.25) is 5.91 Å². The highest BCUT2D eigenvalue weighted by Crippen LogP contribution is 2.24. The van der Waals surface area contributed by atoms with Crippen LogP contribution in [0.3, 0.4) is 0 Å². The van der Waals surface area contributed by atoms with Gasteiger partial charge < -0.3 is 20.1 Å². The Kier molecular flexibility index (Phi) is 11.7. The second kappa shape index (κ2) is 14.5. The maximum Gasteiger partial charge on any atom is 0.408 e. The van der Waals surface area contributed by atoms with Crippen molar-refractivity contribution in [2.45, 2.75) is 91.1 Å². The summed E-state index contributed by atoms with van der Waals surface area (Å²) < 4.78 is 11.0. The third kappa shape index (κ3) is 10.6. The summed E-state index contributed by atoms with van der Waals surface area (Å²) in [5, 5.41) is 5.38. The molecule has 2 aromatic rings. The van der Waals surface area contributed by atoms with Crippen molar-refractivity contribution in [1.29, 1.82) is 0 Å². The predicted molar refractivity (Wildman–Crippen MR) is 161 cm³/mol. The first-order valence-corrected chi connectivity index (χ1v) is 13.9. The van der Waals surface area contributed by atoms with E-state index >= 15 is 0 Å². The molecule has 0 radical (unpaired) electrons. The number of carbonyl (C=O) groups excluding carboxylic acids is 4. The molecule has 2 rings (SSSR count). The van der Waals surface area contributed by atoms with Gasteiger partial charge in [-0.05, 0) is 58.6 Å². The average Bonchev–Trinajstić information content (AvgIpc) is 2.88. The molecule has 226 valence electrons. The normalized spacial score (nSPS) is 13.6. The maximum absolute atomic E-state index is 14.0. The van der Waals surface area contributed by atoms with Crippen LogP contribution in [0.5, 0.6) is 0 Å². The van der Waals surface area contributed by atoms with Gasteiger partial charge in [-0.3, -0.25) is 14.5 Å². The standard InChI is InChI=1S/C33H43N3O6/c1-10-36(29(38)26(22(2)3)35-31(40)42-33(7,8)9)27(24-19-15-12-16-20-24)28(37)34-25(30(39)41-32(4,5)6)21-23-17-13-11-14-18-23/h1,11-20,22,25-27H,21H2,2-9H3,(H,34,37)(H,35,40). The highest BCUT2D eigenvalue weighted by Gasteiger charge is 2.39. The maximum atomic E-state index is 14.0. The third-order valence-electron chi connectivity index (χ3n) is 5.89. The molecule has 3 unspecified atom stereocenters. The molecule has 9 nitrogen and oxygen atoms in total. The van der Waals surface area contributed by atoms with Crippen LogP contribution in [0.25, 0.3) is 0 Å². The Bertz CT molecular complexity index is 1260. The van der Waals surface area contributed by atoms with Gasteiger partial charge in [0.1, 0.15) is 29.3 Å². The second-order valence-corrected chi connectivity index (χ2v) is 12.3. The van der Waals surface area contributed by atoms with E-state index in [9.17, 15) is 19.2 Å². The molecular weight excluding hydrogens is 534 g/mol. The molecule has 0 fully saturated rings. The quantitative estimate of drug-likeness (QED) is 0.239. The van der Waals surface area contributed by atoms with Crippen LogP contribution < -0.4 is 10.6 Å². The topological polar surface area (TPSA) is 114 Å². The van der Waals surface area contributed by atoms with Gasteiger partial charge in [0.25, 0.3) is 5.91 Å². The Labute approximate surface area is 249 Å². The van der Waals surface area contributed by atoms with Crippen LogP contribution in [0.15, 0.2) is 60.7 Å². The molecular formula is C33H43N3O6. The van der Waals surface area contributed by atoms with Gasteiger partial charge in [-0.15, -0.1) is 0 Å². The number of hydrogen-bond acceptors (Lipinski definition) is 6. The predicted octanol–water partition coefficient (Wildman–Crippen LogP) is 4.77. The van der Waals surface area contributed by atoms with Crippen LogP contribution in [0.2, 0.25) is 0 Å². The lowest BCUT2D eigenvalue weighted by Crippen LogP contribution is -2.55. The van der Waals surface area contributed by atoms with Gasteiger partial charge in [-0.25, -0.2) is 9.59 Å². The summed E-state index contributed by atoms with van der Waals surface area (Å²) in [5.74, 6) is -2.39. The van der Waals surface area contributed by atoms with E-state index in [-0.39, 0.29) is 6.42 Å². The molecule has 0 aliphatic carbocycles. The monoisotopic (exact) mass is 577 g/mol. The molecule has 0 spiro atoms. The first kappa shape index (κ1) is 33.9. The van der Waals surface area contributed by atoms with Crippen LogP contribution in [0.1, 0.15) is 72.6 Å². The molecule has 9 heteroatoms. The van der Waals surface area contributed by atoms with E-state index in [1.165, 1.54) is 0 Å². The zero-order valence-electron chi connectivity index (χ0n) is 25.8. The van der Waals surface area contributed by atoms with Gasteiger partial charge >= 0.3 is 12.1 Å². The van der Waals surface area contributed by atoms with Crippen molar-refractivity contribution >= 4 is 23.9 Å². The third-order valence-corrected chi connectivity index (χ3v) is 5.89. The second-order valence-electron chi connectivity index (χ2n) is 12.3. The molecule has 3 amide bonds. The minimum Gasteiger partial charge on any atom is -0.458 e. The van der Waals surface area contributed by atoms with Gasteiger partial charge in [0.15, 0.2) is 0 Å². The van der Waals surface area contributed by atoms with E-state index in [0.29, 0.717) is 5.56 Å². The molecule has 0 bridgehead atoms. The first-order chi connectivity index (χ1) is 19.5. The van der Waals surface area contributed by atoms with E-state index in [1.807, 2.05) is 30.3 Å². The zero-order chi connectivity index (χ0) is 31.7. The Balaban J connectivity index is 2.48. The molecule has 42 heavy (non-hydrogen) atoms. The van der Waals surface area contributed by atoms with Crippen LogP contribution in [-0.2, 0) is 30.3 Å². The fraction of sp³-hybridized carbons (Fsp3) is 0.455. The van der Waals surface area contributed by atoms with E-state index in [1.54, 1.807) is 85.7 Å². The van der Waals surface area contributed by atoms with Crippen molar-refractivity contribution < 1.29 is 28.7 Å². The molecule has 0 aliphatic heterocycles. The number of nitrogens with one attached hydrogen (secondary N) is 2. The molecule has 0 saturated carbocycles. The lowest BCUT2D eigenvalue weighted by Gasteiger charge is -2.32. The minimum atomic E-state index is -1.31. The van der Waals surface area contributed by atoms with E-state index in [2.05, 4.69) is 16.7 Å². The van der Waals surface area contributed by atoms with E-state index in [4.69, 9.17) is 15.9 Å². The molecule has 0 heterocycles. The summed E-state index contributed by atoms with van der Waals surface area (Å²) in [4.78, 5) is 54.7. The molecule has 0 aliphatic rings. The van der Waals surface area contributed by atoms with Crippen molar-refractivity contribution in [2.24, 2.45) is 5.92 Å². The van der Waals surface area contributed by atoms with Crippen LogP contribution in [0, 0.1) is 18.4 Å². The number of terminal acetylenes is 1. The van der Waals surface area contributed by atoms with Crippen molar-refractivity contribution in [3.63, 3.8) is 0 Å². The SMILES string of the molecule is C#CN(C(=O)C(NC(=O)OC(C)(C)C)C(C)C)C(C(=O)NC(Cc1ccccc1)C(=O)OC(C)(C)C)c1ccccc1. The summed E-state index contributed by atoms with van der Waals surface area (Å²) in [7, 11) is 0. The van der Waals surface area contributed by atoms with Crippen molar-refractivity contribution in [2.75, 3.05) is 0 Å². The van der Waals surface area contributed by atoms with Crippen LogP contribution >= 0.6 is 0 Å². The highest BCUT2D eigenvalue weighted by atomic mass is 16.6. The number of hydrogen-bond donors (Lipinski definition) is 2. The Morgan fingerprint density at radius 2 is 1.36 bits per heavy atom. The molecule has 3 atom stereocenters. The van der Waals surface area contributed by atoms with Gasteiger partial charge in [-0.1, -0.05) is 80.9 Å². The van der Waals surface area contributed by atoms with Gasteiger partial charge in [0.05, 0.1) is 0 Å². The van der Waals surface area contributed by atoms with E-state index in [0.717, 1.165) is 10.5 Å². The van der Waals surface area contributed by atoms with Crippen molar-refractivity contribution in [3.8, 4) is 12.5 Å². The summed E-state index contributed by atoms with van der Waals surface area (Å²) in [5.41, 5.74) is -0.365. The van der Waals surface area contributed by atoms with Crippen LogP contribution in [0.4, 0.5) is 4.79 Å². The summed E-state index contributed by atoms with van der Waals surface area (Å²) in [6.07, 6.45) is 5.22. The van der Waals surface area contributed by atoms with Gasteiger partial charge in [0, 0.05) is 12.5 Å². The van der Waals surface area contributed by atoms with Crippen molar-refractivity contribution in [1.82, 2.24) is 15.5 Å². The summed E-state index contributed by atoms with van der Waals surface area (Å²) in [6.45, 7) is 13.8. The summed E-state index contributed by atoms with van der Waals surface area (Å²) in [6, 6.07) is 16.6. The molecule has 0 aromatic heterocycles. The Morgan fingerprint density at radius 3 is 1.83 bits per heavy atom. The summed E-state index contributed by atoms with van der Waals surface area (Å²) >= 11 is 0. The van der Waals surface area contributed by atoms with Crippen LogP contribution in [-0.4, -0.2) is 52.1 Å². The largest absolute Gasteiger partial charge is 0.458 e. The lowest BCUT2D eigenvalue weighted by atomic mass is 9.98.